The Bertz CT molecular complexity index is 940. The molecule has 3 aromatic rings. The van der Waals surface area contributed by atoms with E-state index in [2.05, 4.69) is 15.6 Å². The molecular formula is C19H16ClN3O4. The molecule has 0 aliphatic carbocycles. The highest BCUT2D eigenvalue weighted by Gasteiger charge is 2.11. The first-order chi connectivity index (χ1) is 13.1. The first-order valence-electron chi connectivity index (χ1n) is 7.98. The lowest BCUT2D eigenvalue weighted by atomic mass is 10.2. The van der Waals surface area contributed by atoms with Gasteiger partial charge >= 0.3 is 5.97 Å². The lowest BCUT2D eigenvalue weighted by Crippen LogP contribution is -2.22. The third kappa shape index (κ3) is 4.65. The van der Waals surface area contributed by atoms with Gasteiger partial charge in [-0.15, -0.1) is 0 Å². The van der Waals surface area contributed by atoms with Gasteiger partial charge < -0.3 is 19.8 Å². The minimum atomic E-state index is -0.466. The number of pyridine rings is 1. The van der Waals surface area contributed by atoms with Crippen molar-refractivity contribution < 1.29 is 18.7 Å². The fourth-order valence-electron chi connectivity index (χ4n) is 2.29. The fraction of sp³-hybridized carbons (Fsp3) is 0.105. The smallest absolute Gasteiger partial charge is 0.337 e. The van der Waals surface area contributed by atoms with Gasteiger partial charge in [0.1, 0.15) is 11.6 Å². The third-order valence-electron chi connectivity index (χ3n) is 3.68. The van der Waals surface area contributed by atoms with Gasteiger partial charge in [0, 0.05) is 6.20 Å². The van der Waals surface area contributed by atoms with Crippen LogP contribution in [0.1, 0.15) is 26.5 Å². The lowest BCUT2D eigenvalue weighted by molar-refractivity contribution is 0.0600. The third-order valence-corrected chi connectivity index (χ3v) is 4.01. The van der Waals surface area contributed by atoms with Crippen molar-refractivity contribution in [3.63, 3.8) is 0 Å². The van der Waals surface area contributed by atoms with Crippen LogP contribution in [0.25, 0.3) is 0 Å². The number of ether oxygens (including phenoxy) is 1. The number of nitrogens with zero attached hydrogens (tertiary/aromatic N) is 1. The molecule has 0 bridgehead atoms. The van der Waals surface area contributed by atoms with E-state index in [1.807, 2.05) is 0 Å². The van der Waals surface area contributed by atoms with E-state index in [1.165, 1.54) is 13.3 Å². The number of rotatable bonds is 6. The van der Waals surface area contributed by atoms with Gasteiger partial charge in [-0.25, -0.2) is 9.78 Å². The summed E-state index contributed by atoms with van der Waals surface area (Å²) in [6.07, 6.45) is 2.99. The highest BCUT2D eigenvalue weighted by Crippen LogP contribution is 2.26. The van der Waals surface area contributed by atoms with Crippen LogP contribution in [-0.4, -0.2) is 24.0 Å². The number of furan rings is 1. The molecule has 0 saturated carbocycles. The molecule has 1 amide bonds. The van der Waals surface area contributed by atoms with Crippen LogP contribution in [0.15, 0.2) is 59.3 Å². The number of nitrogens with one attached hydrogen (secondary N) is 2. The average molecular weight is 386 g/mol. The molecule has 8 heteroatoms. The summed E-state index contributed by atoms with van der Waals surface area (Å²) < 4.78 is 9.86. The molecule has 0 radical (unpaired) electrons. The Kier molecular flexibility index (Phi) is 5.73. The summed E-state index contributed by atoms with van der Waals surface area (Å²) in [5, 5.41) is 6.18. The Morgan fingerprint density at radius 2 is 2.00 bits per heavy atom. The van der Waals surface area contributed by atoms with Crippen molar-refractivity contribution in [1.82, 2.24) is 10.3 Å². The highest BCUT2D eigenvalue weighted by molar-refractivity contribution is 6.33. The van der Waals surface area contributed by atoms with Gasteiger partial charge in [-0.2, -0.15) is 0 Å². The zero-order chi connectivity index (χ0) is 19.2. The predicted octanol–water partition coefficient (Wildman–Crippen LogP) is 3.79. The van der Waals surface area contributed by atoms with Crippen molar-refractivity contribution in [3.8, 4) is 0 Å². The number of halogens is 1. The molecule has 1 aromatic carbocycles. The maximum atomic E-state index is 12.1. The normalized spacial score (nSPS) is 10.3. The SMILES string of the molecule is COC(=O)c1ccc(Cl)c(Nc2ccc(C(=O)NCc3ccco3)cn2)c1. The minimum absolute atomic E-state index is 0.267. The number of amides is 1. The average Bonchev–Trinajstić information content (AvgIpc) is 3.21. The van der Waals surface area contributed by atoms with Crippen molar-refractivity contribution >= 4 is 35.0 Å². The van der Waals surface area contributed by atoms with Crippen molar-refractivity contribution in [2.75, 3.05) is 12.4 Å². The van der Waals surface area contributed by atoms with Crippen molar-refractivity contribution in [1.29, 1.82) is 0 Å². The summed E-state index contributed by atoms with van der Waals surface area (Å²) in [6.45, 7) is 0.293. The summed E-state index contributed by atoms with van der Waals surface area (Å²) in [7, 11) is 1.31. The lowest BCUT2D eigenvalue weighted by Gasteiger charge is -2.10. The van der Waals surface area contributed by atoms with Crippen LogP contribution in [0, 0.1) is 0 Å². The van der Waals surface area contributed by atoms with E-state index in [0.29, 0.717) is 40.0 Å². The van der Waals surface area contributed by atoms with Crippen LogP contribution in [0.3, 0.4) is 0 Å². The van der Waals surface area contributed by atoms with Crippen molar-refractivity contribution in [2.24, 2.45) is 0 Å². The van der Waals surface area contributed by atoms with Gasteiger partial charge in [0.05, 0.1) is 41.8 Å². The summed E-state index contributed by atoms with van der Waals surface area (Å²) >= 11 is 6.15. The Morgan fingerprint density at radius 1 is 1.19 bits per heavy atom. The Labute approximate surface area is 160 Å². The van der Waals surface area contributed by atoms with Crippen molar-refractivity contribution in [2.45, 2.75) is 6.54 Å². The van der Waals surface area contributed by atoms with E-state index in [4.69, 9.17) is 20.8 Å². The van der Waals surface area contributed by atoms with Gasteiger partial charge in [-0.1, -0.05) is 11.6 Å². The summed E-state index contributed by atoms with van der Waals surface area (Å²) in [5.41, 5.74) is 1.27. The molecule has 2 heterocycles. The number of carbonyl (C=O) groups excluding carboxylic acids is 2. The molecule has 0 spiro atoms. The molecule has 0 aliphatic heterocycles. The molecule has 27 heavy (non-hydrogen) atoms. The maximum Gasteiger partial charge on any atom is 0.337 e. The molecule has 0 saturated heterocycles. The zero-order valence-electron chi connectivity index (χ0n) is 14.4. The van der Waals surface area contributed by atoms with E-state index < -0.39 is 5.97 Å². The maximum absolute atomic E-state index is 12.1. The van der Waals surface area contributed by atoms with Gasteiger partial charge in [0.2, 0.25) is 0 Å². The standard InChI is InChI=1S/C19H16ClN3O4/c1-26-19(25)12-4-6-15(20)16(9-12)23-17-7-5-13(10-21-17)18(24)22-11-14-3-2-8-27-14/h2-10H,11H2,1H3,(H,21,23)(H,22,24). The zero-order valence-corrected chi connectivity index (χ0v) is 15.1. The number of benzene rings is 1. The molecule has 0 unspecified atom stereocenters. The monoisotopic (exact) mass is 385 g/mol. The second-order valence-electron chi connectivity index (χ2n) is 5.51. The molecule has 0 aliphatic rings. The number of methoxy groups -OCH3 is 1. The second-order valence-corrected chi connectivity index (χ2v) is 5.91. The molecule has 138 valence electrons. The summed E-state index contributed by atoms with van der Waals surface area (Å²) in [6, 6.07) is 11.5. The quantitative estimate of drug-likeness (QED) is 0.627. The Hall–Kier alpha value is -3.32. The molecule has 0 atom stereocenters. The van der Waals surface area contributed by atoms with E-state index in [9.17, 15) is 9.59 Å². The van der Waals surface area contributed by atoms with Crippen LogP contribution < -0.4 is 10.6 Å². The Balaban J connectivity index is 1.67. The van der Waals surface area contributed by atoms with Crippen LogP contribution in [0.2, 0.25) is 5.02 Å². The van der Waals surface area contributed by atoms with Crippen LogP contribution in [0.5, 0.6) is 0 Å². The summed E-state index contributed by atoms with van der Waals surface area (Å²) in [4.78, 5) is 28.0. The van der Waals surface area contributed by atoms with Gasteiger partial charge in [0.15, 0.2) is 0 Å². The molecule has 2 N–H and O–H groups in total. The largest absolute Gasteiger partial charge is 0.467 e. The fourth-order valence-corrected chi connectivity index (χ4v) is 2.45. The molecule has 0 fully saturated rings. The predicted molar refractivity (Wildman–Crippen MR) is 100 cm³/mol. The highest BCUT2D eigenvalue weighted by atomic mass is 35.5. The van der Waals surface area contributed by atoms with E-state index in [-0.39, 0.29) is 5.91 Å². The van der Waals surface area contributed by atoms with Crippen LogP contribution in [0.4, 0.5) is 11.5 Å². The number of aromatic nitrogens is 1. The first kappa shape index (κ1) is 18.5. The van der Waals surface area contributed by atoms with Crippen LogP contribution >= 0.6 is 11.6 Å². The molecular weight excluding hydrogens is 370 g/mol. The number of hydrogen-bond donors (Lipinski definition) is 2. The van der Waals surface area contributed by atoms with Gasteiger partial charge in [-0.05, 0) is 42.5 Å². The number of esters is 1. The number of anilines is 2. The minimum Gasteiger partial charge on any atom is -0.467 e. The Morgan fingerprint density at radius 3 is 2.67 bits per heavy atom. The van der Waals surface area contributed by atoms with Gasteiger partial charge in [0.25, 0.3) is 5.91 Å². The molecule has 3 rings (SSSR count). The summed E-state index contributed by atoms with van der Waals surface area (Å²) in [5.74, 6) is 0.402. The second kappa shape index (κ2) is 8.37. The van der Waals surface area contributed by atoms with Crippen LogP contribution in [-0.2, 0) is 11.3 Å². The number of carbonyl (C=O) groups is 2. The van der Waals surface area contributed by atoms with E-state index in [1.54, 1.807) is 48.7 Å². The molecule has 7 nitrogen and oxygen atoms in total. The molecule has 2 aromatic heterocycles. The first-order valence-corrected chi connectivity index (χ1v) is 8.36. The van der Waals surface area contributed by atoms with E-state index in [0.717, 1.165) is 0 Å². The van der Waals surface area contributed by atoms with Gasteiger partial charge in [-0.3, -0.25) is 4.79 Å². The van der Waals surface area contributed by atoms with E-state index >= 15 is 0 Å². The number of hydrogen-bond acceptors (Lipinski definition) is 6. The van der Waals surface area contributed by atoms with Crippen molar-refractivity contribution in [3.05, 3.63) is 76.8 Å². The topological polar surface area (TPSA) is 93.5 Å².